The number of nitrogens with one attached hydrogen (secondary N) is 1. The van der Waals surface area contributed by atoms with Crippen LogP contribution in [0.4, 0.5) is 4.39 Å². The van der Waals surface area contributed by atoms with Gasteiger partial charge in [0.1, 0.15) is 5.82 Å². The van der Waals surface area contributed by atoms with Gasteiger partial charge >= 0.3 is 0 Å². The molecule has 0 unspecified atom stereocenters. The van der Waals surface area contributed by atoms with Crippen LogP contribution in [0.5, 0.6) is 0 Å². The van der Waals surface area contributed by atoms with E-state index in [1.165, 1.54) is 31.4 Å². The quantitative estimate of drug-likeness (QED) is 0.745. The van der Waals surface area contributed by atoms with Crippen LogP contribution in [-0.2, 0) is 0 Å². The Labute approximate surface area is 196 Å². The summed E-state index contributed by atoms with van der Waals surface area (Å²) in [4.78, 5) is 27.9. The number of carbonyl (C=O) groups excluding carboxylic acids is 2. The maximum atomic E-state index is 13.1. The van der Waals surface area contributed by atoms with E-state index < -0.39 is 0 Å². The molecule has 0 atom stereocenters. The minimum absolute atomic E-state index is 0.0515. The molecule has 5 rings (SSSR count). The molecule has 5 nitrogen and oxygen atoms in total. The molecule has 33 heavy (non-hydrogen) atoms. The van der Waals surface area contributed by atoms with Crippen LogP contribution in [-0.4, -0.2) is 59.9 Å². The molecule has 1 saturated carbocycles. The fourth-order valence-corrected chi connectivity index (χ4v) is 4.50. The van der Waals surface area contributed by atoms with Crippen molar-refractivity contribution in [2.45, 2.75) is 57.0 Å². The predicted octanol–water partition coefficient (Wildman–Crippen LogP) is 4.50. The van der Waals surface area contributed by atoms with E-state index in [9.17, 15) is 14.0 Å². The van der Waals surface area contributed by atoms with Gasteiger partial charge in [-0.05, 0) is 75.3 Å². The Balaban J connectivity index is 0.000000165. The second-order valence-electron chi connectivity index (χ2n) is 9.24. The van der Waals surface area contributed by atoms with E-state index in [0.29, 0.717) is 11.6 Å². The summed E-state index contributed by atoms with van der Waals surface area (Å²) >= 11 is 0. The normalized spacial score (nSPS) is 18.9. The Hall–Kier alpha value is -2.73. The lowest BCUT2D eigenvalue weighted by atomic mass is 10.0. The van der Waals surface area contributed by atoms with Crippen LogP contribution in [0, 0.1) is 5.82 Å². The van der Waals surface area contributed by atoms with Gasteiger partial charge in [0.05, 0.1) is 0 Å². The van der Waals surface area contributed by atoms with Crippen LogP contribution in [0.1, 0.15) is 65.7 Å². The summed E-state index contributed by atoms with van der Waals surface area (Å²) in [5, 5.41) is 3.60. The van der Waals surface area contributed by atoms with Crippen LogP contribution in [0.15, 0.2) is 54.6 Å². The van der Waals surface area contributed by atoms with Crippen molar-refractivity contribution >= 4 is 11.8 Å². The Morgan fingerprint density at radius 3 is 1.91 bits per heavy atom. The summed E-state index contributed by atoms with van der Waals surface area (Å²) in [5.41, 5.74) is 1.27. The number of benzene rings is 2. The maximum Gasteiger partial charge on any atom is 0.253 e. The molecular formula is C27H34FN3O2. The Kier molecular flexibility index (Phi) is 8.10. The molecule has 0 bridgehead atoms. The lowest BCUT2D eigenvalue weighted by molar-refractivity contribution is 0.0702. The van der Waals surface area contributed by atoms with Crippen molar-refractivity contribution in [2.75, 3.05) is 26.2 Å². The van der Waals surface area contributed by atoms with E-state index in [0.717, 1.165) is 63.5 Å². The Morgan fingerprint density at radius 2 is 1.27 bits per heavy atom. The van der Waals surface area contributed by atoms with Crippen LogP contribution >= 0.6 is 0 Å². The smallest absolute Gasteiger partial charge is 0.253 e. The van der Waals surface area contributed by atoms with E-state index in [1.54, 1.807) is 12.1 Å². The summed E-state index contributed by atoms with van der Waals surface area (Å²) in [6.45, 7) is 3.38. The fourth-order valence-electron chi connectivity index (χ4n) is 4.50. The minimum atomic E-state index is -0.351. The zero-order valence-corrected chi connectivity index (χ0v) is 19.2. The Morgan fingerprint density at radius 1 is 0.697 bits per heavy atom. The Bertz CT molecular complexity index is 918. The lowest BCUT2D eigenvalue weighted by Crippen LogP contribution is -2.45. The molecule has 0 aromatic heterocycles. The van der Waals surface area contributed by atoms with Crippen molar-refractivity contribution in [1.82, 2.24) is 15.1 Å². The van der Waals surface area contributed by atoms with Gasteiger partial charge in [-0.15, -0.1) is 0 Å². The second kappa shape index (κ2) is 11.4. The van der Waals surface area contributed by atoms with Gasteiger partial charge in [-0.1, -0.05) is 24.3 Å². The van der Waals surface area contributed by atoms with Gasteiger partial charge in [0, 0.05) is 49.4 Å². The maximum absolute atomic E-state index is 13.1. The molecule has 0 spiro atoms. The first-order chi connectivity index (χ1) is 16.1. The molecule has 1 aliphatic carbocycles. The van der Waals surface area contributed by atoms with E-state index in [-0.39, 0.29) is 17.6 Å². The highest BCUT2D eigenvalue weighted by Crippen LogP contribution is 2.23. The fraction of sp³-hybridized carbons (Fsp3) is 0.481. The zero-order valence-electron chi connectivity index (χ0n) is 19.2. The lowest BCUT2D eigenvalue weighted by Gasteiger charge is -2.32. The van der Waals surface area contributed by atoms with Gasteiger partial charge in [0.25, 0.3) is 11.8 Å². The average Bonchev–Trinajstić information content (AvgIpc) is 3.69. The summed E-state index contributed by atoms with van der Waals surface area (Å²) in [5.74, 6) is -0.217. The standard InChI is InChI=1S/C15H19FN2O.C12H15NO/c16-12-3-1-2-11(10-12)15(19)18-8-6-14(7-9-18)17-13-4-5-13;14-12(11-7-3-1-4-8-11)13-9-5-2-6-10-13/h1-3,10,13-14,17H,4-9H2;1,3-4,7-8H,2,5-6,9-10H2. The first kappa shape index (κ1) is 23.4. The van der Waals surface area contributed by atoms with Gasteiger partial charge in [-0.2, -0.15) is 0 Å². The SMILES string of the molecule is O=C(c1cccc(F)c1)N1CCC(NC2CC2)CC1.O=C(c1ccccc1)N1CCCCC1. The number of piperidine rings is 2. The molecule has 2 aromatic carbocycles. The van der Waals surface area contributed by atoms with Crippen molar-refractivity contribution in [3.05, 3.63) is 71.5 Å². The molecule has 3 fully saturated rings. The van der Waals surface area contributed by atoms with Crippen LogP contribution in [0.25, 0.3) is 0 Å². The molecular weight excluding hydrogens is 417 g/mol. The number of rotatable bonds is 4. The topological polar surface area (TPSA) is 52.7 Å². The third kappa shape index (κ3) is 6.87. The number of amides is 2. The molecule has 6 heteroatoms. The van der Waals surface area contributed by atoms with E-state index >= 15 is 0 Å². The number of hydrogen-bond donors (Lipinski definition) is 1. The first-order valence-electron chi connectivity index (χ1n) is 12.3. The highest BCUT2D eigenvalue weighted by atomic mass is 19.1. The van der Waals surface area contributed by atoms with Crippen LogP contribution in [0.3, 0.4) is 0 Å². The second-order valence-corrected chi connectivity index (χ2v) is 9.24. The number of halogens is 1. The van der Waals surface area contributed by atoms with Crippen LogP contribution < -0.4 is 5.32 Å². The van der Waals surface area contributed by atoms with Crippen molar-refractivity contribution in [2.24, 2.45) is 0 Å². The molecule has 2 heterocycles. The van der Waals surface area contributed by atoms with Gasteiger partial charge in [0.15, 0.2) is 0 Å². The molecule has 2 amide bonds. The molecule has 3 aliphatic rings. The molecule has 2 saturated heterocycles. The molecule has 0 radical (unpaired) electrons. The predicted molar refractivity (Wildman–Crippen MR) is 128 cm³/mol. The zero-order chi connectivity index (χ0) is 23.0. The van der Waals surface area contributed by atoms with E-state index in [2.05, 4.69) is 5.32 Å². The highest BCUT2D eigenvalue weighted by Gasteiger charge is 2.28. The minimum Gasteiger partial charge on any atom is -0.339 e. The monoisotopic (exact) mass is 451 g/mol. The van der Waals surface area contributed by atoms with Gasteiger partial charge in [-0.25, -0.2) is 4.39 Å². The summed E-state index contributed by atoms with van der Waals surface area (Å²) < 4.78 is 13.1. The molecule has 2 aromatic rings. The van der Waals surface area contributed by atoms with E-state index in [1.807, 2.05) is 40.1 Å². The largest absolute Gasteiger partial charge is 0.339 e. The van der Waals surface area contributed by atoms with E-state index in [4.69, 9.17) is 0 Å². The summed E-state index contributed by atoms with van der Waals surface area (Å²) in [6.07, 6.45) is 8.15. The average molecular weight is 452 g/mol. The number of carbonyl (C=O) groups is 2. The number of nitrogens with zero attached hydrogens (tertiary/aromatic N) is 2. The van der Waals surface area contributed by atoms with Gasteiger partial charge in [-0.3, -0.25) is 9.59 Å². The van der Waals surface area contributed by atoms with Crippen molar-refractivity contribution < 1.29 is 14.0 Å². The van der Waals surface area contributed by atoms with Crippen molar-refractivity contribution in [1.29, 1.82) is 0 Å². The van der Waals surface area contributed by atoms with Gasteiger partial charge in [0.2, 0.25) is 0 Å². The van der Waals surface area contributed by atoms with Crippen LogP contribution in [0.2, 0.25) is 0 Å². The van der Waals surface area contributed by atoms with Gasteiger partial charge < -0.3 is 15.1 Å². The number of hydrogen-bond acceptors (Lipinski definition) is 3. The third-order valence-corrected chi connectivity index (χ3v) is 6.57. The molecule has 1 N–H and O–H groups in total. The highest BCUT2D eigenvalue weighted by molar-refractivity contribution is 5.94. The number of likely N-dealkylation sites (tertiary alicyclic amines) is 2. The molecule has 2 aliphatic heterocycles. The van der Waals surface area contributed by atoms with Crippen molar-refractivity contribution in [3.8, 4) is 0 Å². The summed E-state index contributed by atoms with van der Waals surface area (Å²) in [7, 11) is 0. The van der Waals surface area contributed by atoms with Crippen molar-refractivity contribution in [3.63, 3.8) is 0 Å². The molecule has 176 valence electrons. The first-order valence-corrected chi connectivity index (χ1v) is 12.3. The third-order valence-electron chi connectivity index (χ3n) is 6.57. The summed E-state index contributed by atoms with van der Waals surface area (Å²) in [6, 6.07) is 16.7.